The number of aliphatic hydroxyl groups excluding tert-OH is 1. The van der Waals surface area contributed by atoms with Gasteiger partial charge in [0.2, 0.25) is 10.0 Å². The number of piperidine rings is 1. The van der Waals surface area contributed by atoms with E-state index in [4.69, 9.17) is 0 Å². The Labute approximate surface area is 130 Å². The summed E-state index contributed by atoms with van der Waals surface area (Å²) in [6.45, 7) is 0.551. The number of nitrogens with zero attached hydrogens (tertiary/aromatic N) is 1. The third-order valence-corrected chi connectivity index (χ3v) is 5.91. The Morgan fingerprint density at radius 1 is 1.18 bits per heavy atom. The normalized spacial score (nSPS) is 23.2. The van der Waals surface area contributed by atoms with Gasteiger partial charge in [-0.2, -0.15) is 4.31 Å². The lowest BCUT2D eigenvalue weighted by atomic mass is 10.1. The van der Waals surface area contributed by atoms with Crippen molar-refractivity contribution in [2.45, 2.75) is 42.7 Å². The van der Waals surface area contributed by atoms with Crippen molar-refractivity contribution in [1.29, 1.82) is 0 Å². The average molecular weight is 324 g/mol. The summed E-state index contributed by atoms with van der Waals surface area (Å²) in [6.07, 6.45) is 2.70. The van der Waals surface area contributed by atoms with Gasteiger partial charge in [-0.3, -0.25) is 4.79 Å². The first kappa shape index (κ1) is 15.5. The molecule has 1 atom stereocenters. The van der Waals surface area contributed by atoms with E-state index in [1.165, 1.54) is 28.6 Å². The molecule has 2 fully saturated rings. The molecule has 120 valence electrons. The second kappa shape index (κ2) is 5.98. The van der Waals surface area contributed by atoms with E-state index in [-0.39, 0.29) is 23.4 Å². The van der Waals surface area contributed by atoms with Gasteiger partial charge in [-0.05, 0) is 49.9 Å². The van der Waals surface area contributed by atoms with Crippen LogP contribution in [0.4, 0.5) is 0 Å². The van der Waals surface area contributed by atoms with Crippen molar-refractivity contribution in [1.82, 2.24) is 9.62 Å². The number of sulfonamides is 1. The summed E-state index contributed by atoms with van der Waals surface area (Å²) in [6, 6.07) is 6.25. The summed E-state index contributed by atoms with van der Waals surface area (Å²) in [5.41, 5.74) is 0.463. The van der Waals surface area contributed by atoms with Gasteiger partial charge in [0.05, 0.1) is 11.0 Å². The summed E-state index contributed by atoms with van der Waals surface area (Å²) in [4.78, 5) is 12.1. The number of aliphatic hydroxyl groups is 1. The highest BCUT2D eigenvalue weighted by atomic mass is 32.2. The highest BCUT2D eigenvalue weighted by Gasteiger charge is 2.29. The number of amides is 1. The molecule has 2 aliphatic rings. The van der Waals surface area contributed by atoms with Crippen LogP contribution in [0.2, 0.25) is 0 Å². The molecular weight excluding hydrogens is 304 g/mol. The smallest absolute Gasteiger partial charge is 0.251 e. The van der Waals surface area contributed by atoms with E-state index in [1.807, 2.05) is 0 Å². The van der Waals surface area contributed by atoms with Gasteiger partial charge in [0, 0.05) is 24.7 Å². The molecule has 1 saturated carbocycles. The van der Waals surface area contributed by atoms with Crippen molar-refractivity contribution in [3.63, 3.8) is 0 Å². The van der Waals surface area contributed by atoms with Crippen molar-refractivity contribution in [2.75, 3.05) is 13.1 Å². The summed E-state index contributed by atoms with van der Waals surface area (Å²) >= 11 is 0. The Kier molecular flexibility index (Phi) is 4.20. The number of hydrogen-bond acceptors (Lipinski definition) is 4. The Bertz CT molecular complexity index is 653. The van der Waals surface area contributed by atoms with Crippen LogP contribution in [0.3, 0.4) is 0 Å². The Morgan fingerprint density at radius 2 is 1.86 bits per heavy atom. The molecule has 1 aliphatic carbocycles. The fraction of sp³-hybridized carbons (Fsp3) is 0.533. The minimum Gasteiger partial charge on any atom is -0.392 e. The first-order valence-electron chi connectivity index (χ1n) is 7.56. The van der Waals surface area contributed by atoms with Gasteiger partial charge < -0.3 is 10.4 Å². The van der Waals surface area contributed by atoms with Crippen LogP contribution in [0.25, 0.3) is 0 Å². The molecule has 1 aliphatic heterocycles. The monoisotopic (exact) mass is 324 g/mol. The maximum absolute atomic E-state index is 12.5. The lowest BCUT2D eigenvalue weighted by Gasteiger charge is -2.29. The predicted molar refractivity (Wildman–Crippen MR) is 80.9 cm³/mol. The van der Waals surface area contributed by atoms with Gasteiger partial charge in [0.15, 0.2) is 0 Å². The van der Waals surface area contributed by atoms with E-state index in [1.54, 1.807) is 0 Å². The number of carbonyl (C=O) groups excluding carboxylic acids is 1. The van der Waals surface area contributed by atoms with Crippen LogP contribution in [0.15, 0.2) is 29.2 Å². The summed E-state index contributed by atoms with van der Waals surface area (Å²) < 4.78 is 26.3. The zero-order valence-corrected chi connectivity index (χ0v) is 13.1. The first-order valence-corrected chi connectivity index (χ1v) is 9.00. The third-order valence-electron chi connectivity index (χ3n) is 4.03. The lowest BCUT2D eigenvalue weighted by Crippen LogP contribution is -2.42. The van der Waals surface area contributed by atoms with E-state index < -0.39 is 16.1 Å². The van der Waals surface area contributed by atoms with Gasteiger partial charge in [0.1, 0.15) is 0 Å². The number of rotatable bonds is 4. The van der Waals surface area contributed by atoms with Crippen molar-refractivity contribution in [3.8, 4) is 0 Å². The zero-order chi connectivity index (χ0) is 15.7. The third kappa shape index (κ3) is 3.31. The van der Waals surface area contributed by atoms with E-state index in [0.29, 0.717) is 24.9 Å². The second-order valence-electron chi connectivity index (χ2n) is 5.93. The molecule has 3 rings (SSSR count). The molecule has 0 unspecified atom stereocenters. The molecule has 2 N–H and O–H groups in total. The van der Waals surface area contributed by atoms with E-state index >= 15 is 0 Å². The Hall–Kier alpha value is -1.44. The summed E-state index contributed by atoms with van der Waals surface area (Å²) in [5.74, 6) is -0.167. The molecule has 1 saturated heterocycles. The number of carbonyl (C=O) groups is 1. The second-order valence-corrected chi connectivity index (χ2v) is 7.87. The highest BCUT2D eigenvalue weighted by Crippen LogP contribution is 2.22. The Morgan fingerprint density at radius 3 is 2.45 bits per heavy atom. The van der Waals surface area contributed by atoms with Crippen molar-refractivity contribution < 1.29 is 18.3 Å². The molecule has 1 aromatic rings. The number of nitrogens with one attached hydrogen (secondary N) is 1. The van der Waals surface area contributed by atoms with Crippen LogP contribution in [-0.4, -0.2) is 49.0 Å². The minimum atomic E-state index is -3.61. The molecule has 6 nitrogen and oxygen atoms in total. The van der Waals surface area contributed by atoms with Gasteiger partial charge >= 0.3 is 0 Å². The van der Waals surface area contributed by atoms with Crippen LogP contribution in [0.5, 0.6) is 0 Å². The molecule has 0 spiro atoms. The standard InChI is InChI=1S/C15H20N2O4S/c18-13-2-1-9-17(10-13)22(20,21)14-7-3-11(4-8-14)15(19)16-12-5-6-12/h3-4,7-8,12-13,18H,1-2,5-6,9-10H2,(H,16,19)/t13-/m1/s1. The maximum Gasteiger partial charge on any atom is 0.251 e. The topological polar surface area (TPSA) is 86.7 Å². The molecule has 0 aromatic heterocycles. The highest BCUT2D eigenvalue weighted by molar-refractivity contribution is 7.89. The van der Waals surface area contributed by atoms with Crippen LogP contribution in [0, 0.1) is 0 Å². The predicted octanol–water partition coefficient (Wildman–Crippen LogP) is 0.724. The summed E-state index contributed by atoms with van der Waals surface area (Å²) in [7, 11) is -3.61. The van der Waals surface area contributed by atoms with Crippen LogP contribution >= 0.6 is 0 Å². The molecule has 22 heavy (non-hydrogen) atoms. The van der Waals surface area contributed by atoms with Gasteiger partial charge in [-0.1, -0.05) is 0 Å². The number of β-amino-alcohol motifs (C(OH)–C–C–N with tert-alkyl or cyclic N) is 1. The first-order chi connectivity index (χ1) is 10.5. The van der Waals surface area contributed by atoms with Crippen molar-refractivity contribution >= 4 is 15.9 Å². The number of hydrogen-bond donors (Lipinski definition) is 2. The average Bonchev–Trinajstić information content (AvgIpc) is 3.31. The Balaban J connectivity index is 1.74. The zero-order valence-electron chi connectivity index (χ0n) is 12.2. The molecule has 7 heteroatoms. The molecule has 0 bridgehead atoms. The quantitative estimate of drug-likeness (QED) is 0.854. The van der Waals surface area contributed by atoms with Crippen molar-refractivity contribution in [3.05, 3.63) is 29.8 Å². The van der Waals surface area contributed by atoms with Gasteiger partial charge in [-0.25, -0.2) is 8.42 Å². The van der Waals surface area contributed by atoms with Gasteiger partial charge in [-0.15, -0.1) is 0 Å². The molecular formula is C15H20N2O4S. The fourth-order valence-electron chi connectivity index (χ4n) is 2.56. The molecule has 0 radical (unpaired) electrons. The van der Waals surface area contributed by atoms with E-state index in [9.17, 15) is 18.3 Å². The van der Waals surface area contributed by atoms with Crippen LogP contribution in [-0.2, 0) is 10.0 Å². The minimum absolute atomic E-state index is 0.131. The lowest BCUT2D eigenvalue weighted by molar-refractivity contribution is 0.0951. The molecule has 1 heterocycles. The van der Waals surface area contributed by atoms with Crippen LogP contribution in [0.1, 0.15) is 36.0 Å². The summed E-state index contributed by atoms with van der Waals surface area (Å²) in [5, 5.41) is 12.5. The maximum atomic E-state index is 12.5. The molecule has 1 amide bonds. The SMILES string of the molecule is O=C(NC1CC1)c1ccc(S(=O)(=O)N2CCC[C@@H](O)C2)cc1. The van der Waals surface area contributed by atoms with Crippen molar-refractivity contribution in [2.24, 2.45) is 0 Å². The molecule has 1 aromatic carbocycles. The van der Waals surface area contributed by atoms with E-state index in [0.717, 1.165) is 12.8 Å². The van der Waals surface area contributed by atoms with Gasteiger partial charge in [0.25, 0.3) is 5.91 Å². The van der Waals surface area contributed by atoms with E-state index in [2.05, 4.69) is 5.32 Å². The fourth-order valence-corrected chi connectivity index (χ4v) is 4.08. The number of benzene rings is 1. The van der Waals surface area contributed by atoms with Crippen LogP contribution < -0.4 is 5.32 Å². The largest absolute Gasteiger partial charge is 0.392 e.